The van der Waals surface area contributed by atoms with Gasteiger partial charge in [-0.3, -0.25) is 14.5 Å². The van der Waals surface area contributed by atoms with E-state index in [1.807, 2.05) is 0 Å². The number of rotatable bonds is 6. The molecule has 158 valence electrons. The third kappa shape index (κ3) is 3.64. The molecule has 1 aliphatic carbocycles. The molecule has 1 aromatic carbocycles. The van der Waals surface area contributed by atoms with Gasteiger partial charge in [0.2, 0.25) is 5.91 Å². The number of urea groups is 1. The third-order valence-corrected chi connectivity index (χ3v) is 5.78. The molecular weight excluding hydrogens is 391 g/mol. The fraction of sp³-hybridized carbons (Fsp3) is 0.450. The van der Waals surface area contributed by atoms with Gasteiger partial charge in [0, 0.05) is 18.5 Å². The molecular formula is C20H23FN6O3. The van der Waals surface area contributed by atoms with Crippen molar-refractivity contribution in [2.24, 2.45) is 0 Å². The molecule has 1 spiro atoms. The number of benzene rings is 1. The Hall–Kier alpha value is -3.30. The Bertz CT molecular complexity index is 998. The second-order valence-electron chi connectivity index (χ2n) is 7.75. The number of hydrogen-bond acceptors (Lipinski definition) is 5. The summed E-state index contributed by atoms with van der Waals surface area (Å²) in [5, 5.41) is 13.4. The summed E-state index contributed by atoms with van der Waals surface area (Å²) in [6.45, 7) is 1.91. The van der Waals surface area contributed by atoms with Crippen LogP contribution in [0.25, 0.3) is 0 Å². The van der Waals surface area contributed by atoms with Gasteiger partial charge < -0.3 is 10.6 Å². The van der Waals surface area contributed by atoms with Gasteiger partial charge in [-0.05, 0) is 25.8 Å². The highest BCUT2D eigenvalue weighted by Gasteiger charge is 2.52. The van der Waals surface area contributed by atoms with Gasteiger partial charge in [0.25, 0.3) is 5.91 Å². The van der Waals surface area contributed by atoms with Crippen molar-refractivity contribution in [1.82, 2.24) is 25.2 Å². The van der Waals surface area contributed by atoms with Gasteiger partial charge in [0.1, 0.15) is 11.4 Å². The largest absolute Gasteiger partial charge is 0.325 e. The van der Waals surface area contributed by atoms with Crippen LogP contribution in [0.1, 0.15) is 43.4 Å². The topological polar surface area (TPSA) is 109 Å². The molecule has 9 nitrogen and oxygen atoms in total. The Labute approximate surface area is 172 Å². The van der Waals surface area contributed by atoms with E-state index in [2.05, 4.69) is 20.9 Å². The summed E-state index contributed by atoms with van der Waals surface area (Å²) in [5.41, 5.74) is 0.258. The first kappa shape index (κ1) is 20.0. The van der Waals surface area contributed by atoms with Gasteiger partial charge in [-0.1, -0.05) is 36.3 Å². The van der Waals surface area contributed by atoms with E-state index in [1.54, 1.807) is 25.1 Å². The lowest BCUT2D eigenvalue weighted by Gasteiger charge is -2.19. The monoisotopic (exact) mass is 414 g/mol. The minimum absolute atomic E-state index is 0.000656. The lowest BCUT2D eigenvalue weighted by Crippen LogP contribution is -2.44. The van der Waals surface area contributed by atoms with Crippen molar-refractivity contribution >= 4 is 23.7 Å². The minimum Gasteiger partial charge on any atom is -0.323 e. The first-order chi connectivity index (χ1) is 14.4. The van der Waals surface area contributed by atoms with Crippen molar-refractivity contribution < 1.29 is 18.8 Å². The summed E-state index contributed by atoms with van der Waals surface area (Å²) in [6.07, 6.45) is 3.05. The lowest BCUT2D eigenvalue weighted by molar-refractivity contribution is -0.131. The highest BCUT2D eigenvalue weighted by atomic mass is 19.1. The SMILES string of the molecule is Cc1c(NC(=O)CCN2C(=O)NC3(CCCC3)C2=O)nnn1Cc1ccccc1F. The normalized spacial score (nSPS) is 17.6. The second kappa shape index (κ2) is 7.85. The number of carbonyl (C=O) groups is 3. The predicted molar refractivity (Wildman–Crippen MR) is 105 cm³/mol. The van der Waals surface area contributed by atoms with Gasteiger partial charge in [-0.25, -0.2) is 13.9 Å². The molecule has 0 bridgehead atoms. The Kier molecular flexibility index (Phi) is 5.23. The van der Waals surface area contributed by atoms with Crippen LogP contribution in [-0.4, -0.2) is 49.8 Å². The maximum Gasteiger partial charge on any atom is 0.325 e. The molecule has 4 amide bonds. The predicted octanol–water partition coefficient (Wildman–Crippen LogP) is 1.97. The average molecular weight is 414 g/mol. The van der Waals surface area contributed by atoms with Crippen molar-refractivity contribution in [3.8, 4) is 0 Å². The number of amides is 4. The highest BCUT2D eigenvalue weighted by Crippen LogP contribution is 2.35. The first-order valence-electron chi connectivity index (χ1n) is 9.97. The summed E-state index contributed by atoms with van der Waals surface area (Å²) < 4.78 is 15.3. The van der Waals surface area contributed by atoms with Crippen molar-refractivity contribution in [2.45, 2.75) is 51.1 Å². The zero-order valence-corrected chi connectivity index (χ0v) is 16.7. The Morgan fingerprint density at radius 3 is 2.73 bits per heavy atom. The van der Waals surface area contributed by atoms with E-state index >= 15 is 0 Å². The molecule has 0 unspecified atom stereocenters. The Morgan fingerprint density at radius 2 is 2.00 bits per heavy atom. The van der Waals surface area contributed by atoms with Crippen LogP contribution >= 0.6 is 0 Å². The van der Waals surface area contributed by atoms with E-state index in [9.17, 15) is 18.8 Å². The maximum absolute atomic E-state index is 13.8. The molecule has 1 aromatic heterocycles. The minimum atomic E-state index is -0.778. The van der Waals surface area contributed by atoms with Crippen LogP contribution in [0.2, 0.25) is 0 Å². The Morgan fingerprint density at radius 1 is 1.27 bits per heavy atom. The van der Waals surface area contributed by atoms with Crippen molar-refractivity contribution in [2.75, 3.05) is 11.9 Å². The standard InChI is InChI=1S/C20H23FN6O3/c1-13-17(24-25-27(13)12-14-6-2-3-7-15(14)21)22-16(28)8-11-26-18(29)20(23-19(26)30)9-4-5-10-20/h2-3,6-7H,4-5,8-12H2,1H3,(H,22,28)(H,23,30). The highest BCUT2D eigenvalue weighted by molar-refractivity contribution is 6.07. The smallest absolute Gasteiger partial charge is 0.323 e. The number of nitrogens with one attached hydrogen (secondary N) is 2. The van der Waals surface area contributed by atoms with E-state index in [1.165, 1.54) is 10.7 Å². The van der Waals surface area contributed by atoms with Crippen LogP contribution in [0.3, 0.4) is 0 Å². The van der Waals surface area contributed by atoms with Gasteiger partial charge in [-0.2, -0.15) is 0 Å². The molecule has 2 aromatic rings. The van der Waals surface area contributed by atoms with Crippen LogP contribution in [0, 0.1) is 12.7 Å². The second-order valence-corrected chi connectivity index (χ2v) is 7.75. The molecule has 10 heteroatoms. The Balaban J connectivity index is 1.35. The van der Waals surface area contributed by atoms with Crippen LogP contribution in [0.4, 0.5) is 15.0 Å². The van der Waals surface area contributed by atoms with E-state index in [-0.39, 0.29) is 43.0 Å². The molecule has 2 aliphatic rings. The van der Waals surface area contributed by atoms with Crippen molar-refractivity contribution in [3.63, 3.8) is 0 Å². The summed E-state index contributed by atoms with van der Waals surface area (Å²) >= 11 is 0. The molecule has 30 heavy (non-hydrogen) atoms. The van der Waals surface area contributed by atoms with Crippen LogP contribution in [0.15, 0.2) is 24.3 Å². The zero-order chi connectivity index (χ0) is 21.3. The van der Waals surface area contributed by atoms with Gasteiger partial charge in [-0.15, -0.1) is 5.10 Å². The van der Waals surface area contributed by atoms with E-state index < -0.39 is 11.6 Å². The summed E-state index contributed by atoms with van der Waals surface area (Å²) in [7, 11) is 0. The summed E-state index contributed by atoms with van der Waals surface area (Å²) in [6, 6.07) is 5.93. The number of imide groups is 1. The molecule has 1 saturated heterocycles. The van der Waals surface area contributed by atoms with Crippen LogP contribution in [-0.2, 0) is 16.1 Å². The molecule has 2 fully saturated rings. The number of halogens is 1. The quantitative estimate of drug-likeness (QED) is 0.703. The first-order valence-corrected chi connectivity index (χ1v) is 9.97. The van der Waals surface area contributed by atoms with Crippen molar-refractivity contribution in [3.05, 3.63) is 41.3 Å². The van der Waals surface area contributed by atoms with E-state index in [0.717, 1.165) is 17.7 Å². The van der Waals surface area contributed by atoms with Gasteiger partial charge in [0.15, 0.2) is 5.82 Å². The molecule has 0 atom stereocenters. The van der Waals surface area contributed by atoms with Gasteiger partial charge >= 0.3 is 6.03 Å². The van der Waals surface area contributed by atoms with Gasteiger partial charge in [0.05, 0.1) is 12.2 Å². The molecule has 1 saturated carbocycles. The fourth-order valence-electron chi connectivity index (χ4n) is 4.02. The maximum atomic E-state index is 13.8. The number of anilines is 1. The lowest BCUT2D eigenvalue weighted by atomic mass is 9.98. The number of aromatic nitrogens is 3. The molecule has 1 aliphatic heterocycles. The van der Waals surface area contributed by atoms with E-state index in [0.29, 0.717) is 24.1 Å². The van der Waals surface area contributed by atoms with E-state index in [4.69, 9.17) is 0 Å². The molecule has 2 N–H and O–H groups in total. The van der Waals surface area contributed by atoms with Crippen molar-refractivity contribution in [1.29, 1.82) is 0 Å². The molecule has 4 rings (SSSR count). The number of nitrogens with zero attached hydrogens (tertiary/aromatic N) is 4. The molecule has 0 radical (unpaired) electrons. The zero-order valence-electron chi connectivity index (χ0n) is 16.7. The number of hydrogen-bond donors (Lipinski definition) is 2. The fourth-order valence-corrected chi connectivity index (χ4v) is 4.02. The van der Waals surface area contributed by atoms with Crippen LogP contribution < -0.4 is 10.6 Å². The third-order valence-electron chi connectivity index (χ3n) is 5.78. The summed E-state index contributed by atoms with van der Waals surface area (Å²) in [4.78, 5) is 38.3. The number of carbonyl (C=O) groups excluding carboxylic acids is 3. The van der Waals surface area contributed by atoms with Crippen LogP contribution in [0.5, 0.6) is 0 Å². The molecule has 2 heterocycles. The average Bonchev–Trinajstić information content (AvgIpc) is 3.38. The summed E-state index contributed by atoms with van der Waals surface area (Å²) in [5.74, 6) is -0.707.